The van der Waals surface area contributed by atoms with Crippen LogP contribution >= 0.6 is 34.2 Å². The standard InChI is InChI=1S/C13H7ClF2IN3/c14-8-3-6(15)4-9(16)12(8)20-11-2-1-7(17)5-10(11)19-13(20)18/h1-5H,(H2,18,19). The summed E-state index contributed by atoms with van der Waals surface area (Å²) in [5.41, 5.74) is 7.06. The first-order valence-electron chi connectivity index (χ1n) is 5.56. The number of aromatic nitrogens is 2. The fourth-order valence-electron chi connectivity index (χ4n) is 2.06. The molecule has 0 atom stereocenters. The van der Waals surface area contributed by atoms with Crippen LogP contribution in [0.4, 0.5) is 14.7 Å². The van der Waals surface area contributed by atoms with Crippen LogP contribution in [0.15, 0.2) is 30.3 Å². The summed E-state index contributed by atoms with van der Waals surface area (Å²) in [5.74, 6) is -1.44. The van der Waals surface area contributed by atoms with E-state index < -0.39 is 11.6 Å². The molecular formula is C13H7ClF2IN3. The van der Waals surface area contributed by atoms with E-state index in [1.807, 2.05) is 12.1 Å². The molecule has 3 aromatic rings. The molecule has 2 aromatic carbocycles. The van der Waals surface area contributed by atoms with Crippen molar-refractivity contribution >= 4 is 51.2 Å². The van der Waals surface area contributed by atoms with Crippen molar-refractivity contribution in [2.45, 2.75) is 0 Å². The van der Waals surface area contributed by atoms with Gasteiger partial charge in [-0.3, -0.25) is 4.57 Å². The Hall–Kier alpha value is -1.41. The van der Waals surface area contributed by atoms with E-state index in [1.54, 1.807) is 6.07 Å². The minimum atomic E-state index is -0.792. The zero-order valence-electron chi connectivity index (χ0n) is 9.87. The molecule has 0 aliphatic heterocycles. The second-order valence-corrected chi connectivity index (χ2v) is 5.81. The predicted octanol–water partition coefficient (Wildman–Crippen LogP) is 4.14. The molecule has 0 saturated heterocycles. The zero-order valence-corrected chi connectivity index (χ0v) is 12.8. The van der Waals surface area contributed by atoms with E-state index in [1.165, 1.54) is 4.57 Å². The maximum Gasteiger partial charge on any atom is 0.206 e. The first-order valence-corrected chi connectivity index (χ1v) is 7.01. The van der Waals surface area contributed by atoms with Crippen molar-refractivity contribution in [3.8, 4) is 5.69 Å². The van der Waals surface area contributed by atoms with Crippen LogP contribution in [0.25, 0.3) is 16.7 Å². The van der Waals surface area contributed by atoms with Gasteiger partial charge >= 0.3 is 0 Å². The van der Waals surface area contributed by atoms with E-state index in [-0.39, 0.29) is 16.7 Å². The third kappa shape index (κ3) is 2.12. The molecule has 0 aliphatic carbocycles. The number of hydrogen-bond acceptors (Lipinski definition) is 2. The Kier molecular flexibility index (Phi) is 3.29. The molecule has 20 heavy (non-hydrogen) atoms. The van der Waals surface area contributed by atoms with Gasteiger partial charge in [0.1, 0.15) is 11.5 Å². The first-order chi connectivity index (χ1) is 9.47. The second-order valence-electron chi connectivity index (χ2n) is 4.16. The largest absolute Gasteiger partial charge is 0.369 e. The molecule has 1 heterocycles. The molecule has 0 fully saturated rings. The second kappa shape index (κ2) is 4.85. The van der Waals surface area contributed by atoms with Crippen molar-refractivity contribution in [2.24, 2.45) is 0 Å². The maximum atomic E-state index is 14.0. The van der Waals surface area contributed by atoms with Crippen LogP contribution in [0.1, 0.15) is 0 Å². The fraction of sp³-hybridized carbons (Fsp3) is 0. The van der Waals surface area contributed by atoms with Gasteiger partial charge in [0.05, 0.1) is 16.1 Å². The summed E-state index contributed by atoms with van der Waals surface area (Å²) in [7, 11) is 0. The van der Waals surface area contributed by atoms with Crippen molar-refractivity contribution < 1.29 is 8.78 Å². The van der Waals surface area contributed by atoms with Gasteiger partial charge in [-0.2, -0.15) is 0 Å². The first kappa shape index (κ1) is 13.6. The van der Waals surface area contributed by atoms with E-state index in [0.29, 0.717) is 11.0 Å². The Balaban J connectivity index is 2.38. The summed E-state index contributed by atoms with van der Waals surface area (Å²) >= 11 is 8.09. The number of nitrogen functional groups attached to an aromatic ring is 1. The van der Waals surface area contributed by atoms with Gasteiger partial charge < -0.3 is 5.73 Å². The molecule has 0 radical (unpaired) electrons. The van der Waals surface area contributed by atoms with Gasteiger partial charge in [-0.1, -0.05) is 11.6 Å². The molecule has 102 valence electrons. The number of imidazole rings is 1. The number of benzene rings is 2. The summed E-state index contributed by atoms with van der Waals surface area (Å²) in [6.45, 7) is 0. The van der Waals surface area contributed by atoms with Gasteiger partial charge in [-0.15, -0.1) is 0 Å². The fourth-order valence-corrected chi connectivity index (χ4v) is 2.81. The van der Waals surface area contributed by atoms with Gasteiger partial charge in [0.25, 0.3) is 0 Å². The number of hydrogen-bond donors (Lipinski definition) is 1. The molecule has 2 N–H and O–H groups in total. The van der Waals surface area contributed by atoms with Gasteiger partial charge in [-0.05, 0) is 46.9 Å². The van der Waals surface area contributed by atoms with Crippen LogP contribution in [0.5, 0.6) is 0 Å². The lowest BCUT2D eigenvalue weighted by Gasteiger charge is -2.10. The molecule has 0 unspecified atom stereocenters. The Morgan fingerprint density at radius 1 is 1.20 bits per heavy atom. The molecule has 0 spiro atoms. The lowest BCUT2D eigenvalue weighted by Crippen LogP contribution is -2.04. The number of halogens is 4. The highest BCUT2D eigenvalue weighted by molar-refractivity contribution is 14.1. The van der Waals surface area contributed by atoms with E-state index >= 15 is 0 Å². The number of fused-ring (bicyclic) bond motifs is 1. The number of nitrogens with zero attached hydrogens (tertiary/aromatic N) is 2. The van der Waals surface area contributed by atoms with Crippen LogP contribution in [0.3, 0.4) is 0 Å². The summed E-state index contributed by atoms with van der Waals surface area (Å²) in [6, 6.07) is 7.23. The number of rotatable bonds is 1. The van der Waals surface area contributed by atoms with Crippen LogP contribution in [-0.4, -0.2) is 9.55 Å². The van der Waals surface area contributed by atoms with Gasteiger partial charge in [0, 0.05) is 9.64 Å². The van der Waals surface area contributed by atoms with Crippen molar-refractivity contribution in [1.82, 2.24) is 9.55 Å². The molecule has 3 rings (SSSR count). The highest BCUT2D eigenvalue weighted by Gasteiger charge is 2.18. The Labute approximate surface area is 131 Å². The lowest BCUT2D eigenvalue weighted by molar-refractivity contribution is 0.579. The number of anilines is 1. The summed E-state index contributed by atoms with van der Waals surface area (Å²) < 4.78 is 29.5. The lowest BCUT2D eigenvalue weighted by atomic mass is 10.2. The topological polar surface area (TPSA) is 43.8 Å². The van der Waals surface area contributed by atoms with E-state index in [2.05, 4.69) is 27.6 Å². The predicted molar refractivity (Wildman–Crippen MR) is 83.1 cm³/mol. The summed E-state index contributed by atoms with van der Waals surface area (Å²) in [5, 5.41) is -0.0629. The van der Waals surface area contributed by atoms with Gasteiger partial charge in [0.15, 0.2) is 5.82 Å². The van der Waals surface area contributed by atoms with Crippen LogP contribution in [0.2, 0.25) is 5.02 Å². The Morgan fingerprint density at radius 3 is 2.65 bits per heavy atom. The van der Waals surface area contributed by atoms with Crippen molar-refractivity contribution in [3.63, 3.8) is 0 Å². The minimum Gasteiger partial charge on any atom is -0.369 e. The number of nitrogens with two attached hydrogens (primary N) is 1. The van der Waals surface area contributed by atoms with Crippen molar-refractivity contribution in [1.29, 1.82) is 0 Å². The molecule has 7 heteroatoms. The molecule has 3 nitrogen and oxygen atoms in total. The third-order valence-electron chi connectivity index (χ3n) is 2.85. The highest BCUT2D eigenvalue weighted by atomic mass is 127. The molecule has 0 bridgehead atoms. The van der Waals surface area contributed by atoms with E-state index in [4.69, 9.17) is 17.3 Å². The quantitative estimate of drug-likeness (QED) is 0.618. The molecule has 0 aliphatic rings. The van der Waals surface area contributed by atoms with E-state index in [9.17, 15) is 8.78 Å². The minimum absolute atomic E-state index is 0.00530. The van der Waals surface area contributed by atoms with E-state index in [0.717, 1.165) is 15.7 Å². The van der Waals surface area contributed by atoms with Crippen molar-refractivity contribution in [3.05, 3.63) is 50.6 Å². The molecule has 0 saturated carbocycles. The Morgan fingerprint density at radius 2 is 1.95 bits per heavy atom. The molecule has 0 amide bonds. The summed E-state index contributed by atoms with van der Waals surface area (Å²) in [4.78, 5) is 4.17. The smallest absolute Gasteiger partial charge is 0.206 e. The average molecular weight is 406 g/mol. The highest BCUT2D eigenvalue weighted by Crippen LogP contribution is 2.31. The maximum absolute atomic E-state index is 14.0. The SMILES string of the molecule is Nc1nc2cc(I)ccc2n1-c1c(F)cc(F)cc1Cl. The monoisotopic (exact) mass is 405 g/mol. The molecule has 1 aromatic heterocycles. The van der Waals surface area contributed by atoms with Gasteiger partial charge in [0.2, 0.25) is 5.95 Å². The van der Waals surface area contributed by atoms with Crippen LogP contribution < -0.4 is 5.73 Å². The van der Waals surface area contributed by atoms with Crippen molar-refractivity contribution in [2.75, 3.05) is 5.73 Å². The molecular weight excluding hydrogens is 399 g/mol. The van der Waals surface area contributed by atoms with Crippen LogP contribution in [0, 0.1) is 15.2 Å². The normalized spacial score (nSPS) is 11.2. The van der Waals surface area contributed by atoms with Gasteiger partial charge in [-0.25, -0.2) is 13.8 Å². The average Bonchev–Trinajstić information content (AvgIpc) is 2.64. The Bertz CT molecular complexity index is 809. The third-order valence-corrected chi connectivity index (χ3v) is 3.81. The summed E-state index contributed by atoms with van der Waals surface area (Å²) in [6.07, 6.45) is 0. The zero-order chi connectivity index (χ0) is 14.4. The van der Waals surface area contributed by atoms with Crippen LogP contribution in [-0.2, 0) is 0 Å².